The summed E-state index contributed by atoms with van der Waals surface area (Å²) in [5.41, 5.74) is 1.81. The fourth-order valence-electron chi connectivity index (χ4n) is 2.74. The van der Waals surface area contributed by atoms with E-state index in [1.165, 1.54) is 18.3 Å². The first-order valence-electron chi connectivity index (χ1n) is 8.71. The fraction of sp³-hybridized carbons (Fsp3) is 0.0435. The van der Waals surface area contributed by atoms with Crippen LogP contribution in [0.5, 0.6) is 0 Å². The SMILES string of the molecule is N#C/C(=C/Nc1ccccc1F)C(=O)NC(c1ccccc1)c1ccccc1. The van der Waals surface area contributed by atoms with E-state index in [-0.39, 0.29) is 11.3 Å². The smallest absolute Gasteiger partial charge is 0.264 e. The lowest BCUT2D eigenvalue weighted by molar-refractivity contribution is -0.117. The van der Waals surface area contributed by atoms with Crippen LogP contribution in [-0.2, 0) is 4.79 Å². The van der Waals surface area contributed by atoms with Gasteiger partial charge in [-0.1, -0.05) is 72.8 Å². The van der Waals surface area contributed by atoms with Gasteiger partial charge in [-0.05, 0) is 23.3 Å². The first-order chi connectivity index (χ1) is 13.7. The van der Waals surface area contributed by atoms with Crippen LogP contribution in [0.15, 0.2) is 96.7 Å². The molecule has 0 aliphatic rings. The second kappa shape index (κ2) is 9.15. The minimum absolute atomic E-state index is 0.153. The molecule has 0 saturated heterocycles. The Bertz CT molecular complexity index is 971. The highest BCUT2D eigenvalue weighted by molar-refractivity contribution is 5.98. The minimum Gasteiger partial charge on any atom is -0.358 e. The molecule has 5 heteroatoms. The molecule has 0 saturated carbocycles. The molecule has 0 aliphatic heterocycles. The molecule has 4 nitrogen and oxygen atoms in total. The van der Waals surface area contributed by atoms with Crippen LogP contribution in [-0.4, -0.2) is 5.91 Å². The van der Waals surface area contributed by atoms with Gasteiger partial charge in [0.25, 0.3) is 5.91 Å². The number of nitrogens with zero attached hydrogens (tertiary/aromatic N) is 1. The molecule has 0 radical (unpaired) electrons. The molecule has 3 aromatic carbocycles. The number of para-hydroxylation sites is 1. The Morgan fingerprint density at radius 1 is 0.893 bits per heavy atom. The molecule has 0 fully saturated rings. The van der Waals surface area contributed by atoms with Crippen molar-refractivity contribution in [1.82, 2.24) is 5.32 Å². The van der Waals surface area contributed by atoms with E-state index >= 15 is 0 Å². The molecule has 0 aliphatic carbocycles. The highest BCUT2D eigenvalue weighted by Crippen LogP contribution is 2.22. The zero-order valence-corrected chi connectivity index (χ0v) is 15.0. The first-order valence-corrected chi connectivity index (χ1v) is 8.71. The van der Waals surface area contributed by atoms with Crippen LogP contribution in [0.4, 0.5) is 10.1 Å². The van der Waals surface area contributed by atoms with E-state index in [1.807, 2.05) is 66.7 Å². The predicted octanol–water partition coefficient (Wildman–Crippen LogP) is 4.55. The van der Waals surface area contributed by atoms with E-state index in [0.717, 1.165) is 11.1 Å². The fourth-order valence-corrected chi connectivity index (χ4v) is 2.74. The molecule has 28 heavy (non-hydrogen) atoms. The predicted molar refractivity (Wildman–Crippen MR) is 107 cm³/mol. The topological polar surface area (TPSA) is 64.9 Å². The molecule has 0 atom stereocenters. The normalized spacial score (nSPS) is 11.0. The zero-order chi connectivity index (χ0) is 19.8. The Labute approximate surface area is 163 Å². The lowest BCUT2D eigenvalue weighted by Crippen LogP contribution is -2.30. The largest absolute Gasteiger partial charge is 0.358 e. The van der Waals surface area contributed by atoms with Gasteiger partial charge in [-0.15, -0.1) is 0 Å². The number of nitrogens with one attached hydrogen (secondary N) is 2. The molecule has 138 valence electrons. The van der Waals surface area contributed by atoms with Crippen LogP contribution in [0.3, 0.4) is 0 Å². The lowest BCUT2D eigenvalue weighted by atomic mass is 9.98. The van der Waals surface area contributed by atoms with Gasteiger partial charge in [0.2, 0.25) is 0 Å². The molecule has 3 rings (SSSR count). The molecule has 0 bridgehead atoms. The Hall–Kier alpha value is -3.91. The lowest BCUT2D eigenvalue weighted by Gasteiger charge is -2.19. The van der Waals surface area contributed by atoms with E-state index in [1.54, 1.807) is 12.1 Å². The van der Waals surface area contributed by atoms with Crippen molar-refractivity contribution in [3.05, 3.63) is 114 Å². The number of carbonyl (C=O) groups is 1. The summed E-state index contributed by atoms with van der Waals surface area (Å²) in [5.74, 6) is -1.02. The summed E-state index contributed by atoms with van der Waals surface area (Å²) in [4.78, 5) is 12.7. The Kier molecular flexibility index (Phi) is 6.17. The number of halogens is 1. The third kappa shape index (κ3) is 4.63. The van der Waals surface area contributed by atoms with Gasteiger partial charge in [-0.3, -0.25) is 4.79 Å². The Morgan fingerprint density at radius 3 is 1.96 bits per heavy atom. The van der Waals surface area contributed by atoms with Crippen LogP contribution >= 0.6 is 0 Å². The molecular formula is C23H18FN3O. The highest BCUT2D eigenvalue weighted by Gasteiger charge is 2.19. The zero-order valence-electron chi connectivity index (χ0n) is 15.0. The second-order valence-corrected chi connectivity index (χ2v) is 6.02. The number of carbonyl (C=O) groups excluding carboxylic acids is 1. The number of hydrogen-bond donors (Lipinski definition) is 2. The van der Waals surface area contributed by atoms with Crippen LogP contribution in [0, 0.1) is 17.1 Å². The van der Waals surface area contributed by atoms with Gasteiger partial charge < -0.3 is 10.6 Å². The molecular weight excluding hydrogens is 353 g/mol. The van der Waals surface area contributed by atoms with Gasteiger partial charge in [-0.2, -0.15) is 5.26 Å². The van der Waals surface area contributed by atoms with Crippen molar-refractivity contribution in [3.63, 3.8) is 0 Å². The molecule has 0 unspecified atom stereocenters. The average Bonchev–Trinajstić information content (AvgIpc) is 2.75. The van der Waals surface area contributed by atoms with Crippen molar-refractivity contribution in [2.75, 3.05) is 5.32 Å². The van der Waals surface area contributed by atoms with Gasteiger partial charge >= 0.3 is 0 Å². The van der Waals surface area contributed by atoms with E-state index in [2.05, 4.69) is 10.6 Å². The van der Waals surface area contributed by atoms with Crippen molar-refractivity contribution >= 4 is 11.6 Å². The van der Waals surface area contributed by atoms with E-state index in [0.29, 0.717) is 0 Å². The number of rotatable bonds is 6. The van der Waals surface area contributed by atoms with E-state index in [4.69, 9.17) is 0 Å². The van der Waals surface area contributed by atoms with Gasteiger partial charge in [0, 0.05) is 6.20 Å². The number of benzene rings is 3. The summed E-state index contributed by atoms with van der Waals surface area (Å²) in [6.45, 7) is 0. The summed E-state index contributed by atoms with van der Waals surface area (Å²) in [6, 6.07) is 26.5. The summed E-state index contributed by atoms with van der Waals surface area (Å²) in [7, 11) is 0. The summed E-state index contributed by atoms with van der Waals surface area (Å²) in [6.07, 6.45) is 1.21. The maximum Gasteiger partial charge on any atom is 0.264 e. The number of amides is 1. The third-order valence-corrected chi connectivity index (χ3v) is 4.15. The second-order valence-electron chi connectivity index (χ2n) is 6.02. The summed E-state index contributed by atoms with van der Waals surface area (Å²) < 4.78 is 13.7. The quantitative estimate of drug-likeness (QED) is 0.493. The summed E-state index contributed by atoms with van der Waals surface area (Å²) in [5, 5.41) is 15.0. The number of anilines is 1. The monoisotopic (exact) mass is 371 g/mol. The van der Waals surface area contributed by atoms with Gasteiger partial charge in [0.1, 0.15) is 17.5 Å². The molecule has 0 heterocycles. The number of nitriles is 1. The number of hydrogen-bond acceptors (Lipinski definition) is 3. The maximum atomic E-state index is 13.7. The van der Waals surface area contributed by atoms with Gasteiger partial charge in [-0.25, -0.2) is 4.39 Å². The van der Waals surface area contributed by atoms with Crippen molar-refractivity contribution in [2.24, 2.45) is 0 Å². The van der Waals surface area contributed by atoms with Crippen LogP contribution in [0.2, 0.25) is 0 Å². The molecule has 0 spiro atoms. The van der Waals surface area contributed by atoms with Crippen molar-refractivity contribution in [2.45, 2.75) is 6.04 Å². The molecule has 3 aromatic rings. The van der Waals surface area contributed by atoms with E-state index < -0.39 is 17.8 Å². The first kappa shape index (κ1) is 18.9. The van der Waals surface area contributed by atoms with Crippen LogP contribution in [0.1, 0.15) is 17.2 Å². The highest BCUT2D eigenvalue weighted by atomic mass is 19.1. The third-order valence-electron chi connectivity index (χ3n) is 4.15. The van der Waals surface area contributed by atoms with Crippen molar-refractivity contribution < 1.29 is 9.18 Å². The minimum atomic E-state index is -0.552. The maximum absolute atomic E-state index is 13.7. The Morgan fingerprint density at radius 2 is 1.43 bits per heavy atom. The molecule has 0 aromatic heterocycles. The van der Waals surface area contributed by atoms with E-state index in [9.17, 15) is 14.4 Å². The van der Waals surface area contributed by atoms with Crippen LogP contribution in [0.25, 0.3) is 0 Å². The van der Waals surface area contributed by atoms with Gasteiger partial charge in [0.05, 0.1) is 11.7 Å². The molecule has 1 amide bonds. The summed E-state index contributed by atoms with van der Waals surface area (Å²) >= 11 is 0. The van der Waals surface area contributed by atoms with Crippen LogP contribution < -0.4 is 10.6 Å². The standard InChI is InChI=1S/C23H18FN3O/c24-20-13-7-8-14-21(20)26-16-19(15-25)23(28)27-22(17-9-3-1-4-10-17)18-11-5-2-6-12-18/h1-14,16,22,26H,(H,27,28)/b19-16-. The van der Waals surface area contributed by atoms with Gasteiger partial charge in [0.15, 0.2) is 0 Å². The Balaban J connectivity index is 1.83. The van der Waals surface area contributed by atoms with Crippen molar-refractivity contribution in [3.8, 4) is 6.07 Å². The molecule has 2 N–H and O–H groups in total. The van der Waals surface area contributed by atoms with Crippen molar-refractivity contribution in [1.29, 1.82) is 5.26 Å². The average molecular weight is 371 g/mol.